The molecule has 6 heteroatoms. The summed E-state index contributed by atoms with van der Waals surface area (Å²) in [5.41, 5.74) is 0.629. The molecule has 0 spiro atoms. The van der Waals surface area contributed by atoms with E-state index in [1.807, 2.05) is 6.07 Å². The smallest absolute Gasteiger partial charge is 0.265 e. The van der Waals surface area contributed by atoms with Crippen molar-refractivity contribution in [2.24, 2.45) is 0 Å². The number of rotatable bonds is 4. The molecule has 3 nitrogen and oxygen atoms in total. The molecule has 0 fully saturated rings. The first-order chi connectivity index (χ1) is 8.57. The van der Waals surface area contributed by atoms with Gasteiger partial charge in [0.2, 0.25) is 0 Å². The predicted molar refractivity (Wildman–Crippen MR) is 75.9 cm³/mol. The fourth-order valence-electron chi connectivity index (χ4n) is 1.58. The Morgan fingerprint density at radius 2 is 1.89 bits per heavy atom. The number of benzene rings is 1. The van der Waals surface area contributed by atoms with Crippen LogP contribution in [-0.2, 0) is 15.9 Å². The fourth-order valence-corrected chi connectivity index (χ4v) is 4.45. The van der Waals surface area contributed by atoms with E-state index in [0.29, 0.717) is 10.6 Å². The van der Waals surface area contributed by atoms with Crippen LogP contribution in [0.2, 0.25) is 0 Å². The number of sulfonamides is 1. The summed E-state index contributed by atoms with van der Waals surface area (Å²) in [4.78, 5) is 0.952. The number of thiophene rings is 1. The van der Waals surface area contributed by atoms with E-state index in [1.54, 1.807) is 42.8 Å². The monoisotopic (exact) mass is 301 g/mol. The third-order valence-electron chi connectivity index (χ3n) is 2.58. The minimum absolute atomic E-state index is 0.203. The van der Waals surface area contributed by atoms with E-state index in [-0.39, 0.29) is 10.8 Å². The minimum atomic E-state index is -3.53. The molecule has 0 radical (unpaired) electrons. The Morgan fingerprint density at radius 1 is 1.22 bits per heavy atom. The molecule has 1 aromatic heterocycles. The summed E-state index contributed by atoms with van der Waals surface area (Å²) >= 11 is 7.11. The summed E-state index contributed by atoms with van der Waals surface area (Å²) < 4.78 is 26.2. The van der Waals surface area contributed by atoms with Crippen molar-refractivity contribution in [3.8, 4) is 0 Å². The quantitative estimate of drug-likeness (QED) is 0.813. The van der Waals surface area contributed by atoms with Gasteiger partial charge >= 0.3 is 0 Å². The topological polar surface area (TPSA) is 37.4 Å². The molecule has 0 aliphatic carbocycles. The van der Waals surface area contributed by atoms with E-state index < -0.39 is 10.0 Å². The molecule has 2 rings (SSSR count). The van der Waals surface area contributed by atoms with Gasteiger partial charge in [0, 0.05) is 11.9 Å². The first-order valence-corrected chi connectivity index (χ1v) is 8.09. The van der Waals surface area contributed by atoms with Crippen LogP contribution in [0, 0.1) is 0 Å². The number of hydrogen-bond donors (Lipinski definition) is 0. The van der Waals surface area contributed by atoms with Crippen molar-refractivity contribution < 1.29 is 8.42 Å². The second kappa shape index (κ2) is 5.30. The number of halogens is 1. The van der Waals surface area contributed by atoms with Crippen LogP contribution in [0.25, 0.3) is 0 Å². The van der Waals surface area contributed by atoms with E-state index in [9.17, 15) is 8.42 Å². The van der Waals surface area contributed by atoms with Crippen LogP contribution in [0.4, 0.5) is 5.69 Å². The summed E-state index contributed by atoms with van der Waals surface area (Å²) in [6, 6.07) is 10.6. The van der Waals surface area contributed by atoms with Crippen molar-refractivity contribution in [1.82, 2.24) is 0 Å². The Labute approximate surface area is 116 Å². The van der Waals surface area contributed by atoms with Crippen LogP contribution in [0.15, 0.2) is 46.7 Å². The zero-order valence-corrected chi connectivity index (χ0v) is 12.1. The SMILES string of the molecule is CN(c1ccccc1)S(=O)(=O)c1ccsc1CCl. The van der Waals surface area contributed by atoms with Gasteiger partial charge in [-0.1, -0.05) is 18.2 Å². The Morgan fingerprint density at radius 3 is 2.50 bits per heavy atom. The molecule has 0 bridgehead atoms. The number of alkyl halides is 1. The maximum absolute atomic E-state index is 12.4. The molecule has 0 N–H and O–H groups in total. The summed E-state index contributed by atoms with van der Waals surface area (Å²) in [7, 11) is -1.99. The van der Waals surface area contributed by atoms with E-state index in [1.165, 1.54) is 15.6 Å². The molecule has 18 heavy (non-hydrogen) atoms. The van der Waals surface area contributed by atoms with Crippen LogP contribution in [-0.4, -0.2) is 15.5 Å². The van der Waals surface area contributed by atoms with Crippen molar-refractivity contribution in [1.29, 1.82) is 0 Å². The first-order valence-electron chi connectivity index (χ1n) is 5.23. The normalized spacial score (nSPS) is 11.4. The van der Waals surface area contributed by atoms with Gasteiger partial charge in [0.15, 0.2) is 0 Å². The van der Waals surface area contributed by atoms with Gasteiger partial charge in [0.05, 0.1) is 11.6 Å². The lowest BCUT2D eigenvalue weighted by Gasteiger charge is -2.19. The van der Waals surface area contributed by atoms with Crippen LogP contribution >= 0.6 is 22.9 Å². The largest absolute Gasteiger partial charge is 0.269 e. The zero-order chi connectivity index (χ0) is 13.2. The van der Waals surface area contributed by atoms with Gasteiger partial charge in [-0.3, -0.25) is 4.31 Å². The van der Waals surface area contributed by atoms with Crippen molar-refractivity contribution >= 4 is 38.6 Å². The van der Waals surface area contributed by atoms with E-state index in [0.717, 1.165) is 0 Å². The van der Waals surface area contributed by atoms with E-state index in [2.05, 4.69) is 0 Å². The predicted octanol–water partition coefficient (Wildman–Crippen LogP) is 3.31. The molecule has 96 valence electrons. The molecule has 0 amide bonds. The van der Waals surface area contributed by atoms with Gasteiger partial charge in [0.1, 0.15) is 4.90 Å². The summed E-state index contributed by atoms with van der Waals surface area (Å²) in [6.07, 6.45) is 0. The highest BCUT2D eigenvalue weighted by atomic mass is 35.5. The molecule has 0 unspecified atom stereocenters. The second-order valence-corrected chi connectivity index (χ2v) is 6.86. The molecule has 0 aliphatic rings. The highest BCUT2D eigenvalue weighted by Crippen LogP contribution is 2.28. The van der Waals surface area contributed by atoms with Gasteiger partial charge in [-0.2, -0.15) is 0 Å². The molecule has 2 aromatic rings. The highest BCUT2D eigenvalue weighted by molar-refractivity contribution is 7.93. The van der Waals surface area contributed by atoms with Crippen molar-refractivity contribution in [2.75, 3.05) is 11.4 Å². The Kier molecular flexibility index (Phi) is 3.94. The molecule has 0 saturated heterocycles. The standard InChI is InChI=1S/C12H12ClNO2S2/c1-14(10-5-3-2-4-6-10)18(15,16)12-7-8-17-11(12)9-13/h2-8H,9H2,1H3. The summed E-state index contributed by atoms with van der Waals surface area (Å²) in [6.45, 7) is 0. The van der Waals surface area contributed by atoms with Crippen LogP contribution in [0.3, 0.4) is 0 Å². The number of anilines is 1. The molecule has 1 aromatic carbocycles. The molecule has 0 atom stereocenters. The van der Waals surface area contributed by atoms with E-state index in [4.69, 9.17) is 11.6 Å². The Bertz CT molecular complexity index is 623. The zero-order valence-electron chi connectivity index (χ0n) is 9.71. The second-order valence-electron chi connectivity index (χ2n) is 3.65. The minimum Gasteiger partial charge on any atom is -0.269 e. The summed E-state index contributed by atoms with van der Waals surface area (Å²) in [5, 5.41) is 1.74. The van der Waals surface area contributed by atoms with Crippen LogP contribution in [0.1, 0.15) is 4.88 Å². The van der Waals surface area contributed by atoms with Crippen LogP contribution < -0.4 is 4.31 Å². The molecular formula is C12H12ClNO2S2. The average molecular weight is 302 g/mol. The molecule has 0 saturated carbocycles. The Hall–Kier alpha value is -1.04. The molecular weight excluding hydrogens is 290 g/mol. The van der Waals surface area contributed by atoms with Crippen molar-refractivity contribution in [3.05, 3.63) is 46.7 Å². The van der Waals surface area contributed by atoms with Gasteiger partial charge < -0.3 is 0 Å². The lowest BCUT2D eigenvalue weighted by atomic mass is 10.3. The van der Waals surface area contributed by atoms with Gasteiger partial charge in [-0.05, 0) is 23.6 Å². The van der Waals surface area contributed by atoms with Gasteiger partial charge in [-0.25, -0.2) is 8.42 Å². The van der Waals surface area contributed by atoms with Crippen LogP contribution in [0.5, 0.6) is 0 Å². The summed E-state index contributed by atoms with van der Waals surface area (Å²) in [5.74, 6) is 0.203. The third-order valence-corrected chi connectivity index (χ3v) is 5.93. The molecule has 1 heterocycles. The lowest BCUT2D eigenvalue weighted by Crippen LogP contribution is -2.26. The fraction of sp³-hybridized carbons (Fsp3) is 0.167. The number of para-hydroxylation sites is 1. The third kappa shape index (κ3) is 2.39. The van der Waals surface area contributed by atoms with Crippen molar-refractivity contribution in [3.63, 3.8) is 0 Å². The van der Waals surface area contributed by atoms with Gasteiger partial charge in [-0.15, -0.1) is 22.9 Å². The molecule has 0 aliphatic heterocycles. The maximum Gasteiger partial charge on any atom is 0.265 e. The highest BCUT2D eigenvalue weighted by Gasteiger charge is 2.24. The average Bonchev–Trinajstić information content (AvgIpc) is 2.88. The van der Waals surface area contributed by atoms with Crippen molar-refractivity contribution in [2.45, 2.75) is 10.8 Å². The number of nitrogens with zero attached hydrogens (tertiary/aromatic N) is 1. The Balaban J connectivity index is 2.44. The first kappa shape index (κ1) is 13.4. The van der Waals surface area contributed by atoms with Gasteiger partial charge in [0.25, 0.3) is 10.0 Å². The number of hydrogen-bond acceptors (Lipinski definition) is 3. The lowest BCUT2D eigenvalue weighted by molar-refractivity contribution is 0.594. The van der Waals surface area contributed by atoms with E-state index >= 15 is 0 Å². The maximum atomic E-state index is 12.4.